The molecule has 1 rings (SSSR count). The van der Waals surface area contributed by atoms with Gasteiger partial charge in [0.1, 0.15) is 0 Å². The maximum absolute atomic E-state index is 11.1. The number of hydrogen-bond acceptors (Lipinski definition) is 5. The molecule has 0 aliphatic heterocycles. The fourth-order valence-corrected chi connectivity index (χ4v) is 2.15. The van der Waals surface area contributed by atoms with Crippen LogP contribution in [0.2, 0.25) is 0 Å². The van der Waals surface area contributed by atoms with Gasteiger partial charge in [-0.25, -0.2) is 8.42 Å². The van der Waals surface area contributed by atoms with Crippen LogP contribution in [0.15, 0.2) is 24.3 Å². The van der Waals surface area contributed by atoms with Gasteiger partial charge in [-0.15, -0.1) is 0 Å². The van der Waals surface area contributed by atoms with Crippen molar-refractivity contribution in [3.63, 3.8) is 0 Å². The maximum atomic E-state index is 11.1. The van der Waals surface area contributed by atoms with Gasteiger partial charge in [0, 0.05) is 18.8 Å². The van der Waals surface area contributed by atoms with Gasteiger partial charge in [0.2, 0.25) is 10.0 Å². The van der Waals surface area contributed by atoms with Crippen LogP contribution >= 0.6 is 0 Å². The largest absolute Gasteiger partial charge is 0.395 e. The van der Waals surface area contributed by atoms with E-state index in [0.29, 0.717) is 18.8 Å². The summed E-state index contributed by atoms with van der Waals surface area (Å²) in [6.07, 6.45) is 1.08. The van der Waals surface area contributed by atoms with Crippen molar-refractivity contribution in [2.75, 3.05) is 42.2 Å². The molecule has 0 radical (unpaired) electrons. The second kappa shape index (κ2) is 6.58. The van der Waals surface area contributed by atoms with Gasteiger partial charge in [-0.1, -0.05) is 6.07 Å². The summed E-state index contributed by atoms with van der Waals surface area (Å²) in [4.78, 5) is 1.77. The van der Waals surface area contributed by atoms with E-state index in [0.717, 1.165) is 11.9 Å². The highest BCUT2D eigenvalue weighted by atomic mass is 32.2. The van der Waals surface area contributed by atoms with Gasteiger partial charge in [0.25, 0.3) is 0 Å². The SMILES string of the molecule is CS(=O)(=O)Nc1cccc(N(CCO)CCO)c1. The Labute approximate surface area is 107 Å². The molecule has 1 aromatic rings. The topological polar surface area (TPSA) is 89.9 Å². The molecular weight excluding hydrogens is 256 g/mol. The Morgan fingerprint density at radius 2 is 1.83 bits per heavy atom. The van der Waals surface area contributed by atoms with Crippen molar-refractivity contribution in [2.24, 2.45) is 0 Å². The van der Waals surface area contributed by atoms with Crippen molar-refractivity contribution in [3.8, 4) is 0 Å². The molecule has 102 valence electrons. The lowest BCUT2D eigenvalue weighted by atomic mass is 10.2. The minimum absolute atomic E-state index is 0.0380. The second-order valence-electron chi connectivity index (χ2n) is 3.86. The van der Waals surface area contributed by atoms with Crippen LogP contribution in [-0.4, -0.2) is 51.2 Å². The van der Waals surface area contributed by atoms with E-state index in [-0.39, 0.29) is 13.2 Å². The molecule has 0 aliphatic rings. The third-order valence-electron chi connectivity index (χ3n) is 2.25. The summed E-state index contributed by atoms with van der Waals surface area (Å²) in [6, 6.07) is 6.80. The summed E-state index contributed by atoms with van der Waals surface area (Å²) in [6.45, 7) is 0.680. The summed E-state index contributed by atoms with van der Waals surface area (Å²) >= 11 is 0. The summed E-state index contributed by atoms with van der Waals surface area (Å²) in [7, 11) is -3.31. The van der Waals surface area contributed by atoms with Crippen molar-refractivity contribution >= 4 is 21.4 Å². The van der Waals surface area contributed by atoms with E-state index >= 15 is 0 Å². The highest BCUT2D eigenvalue weighted by Gasteiger charge is 2.07. The number of sulfonamides is 1. The molecule has 6 nitrogen and oxygen atoms in total. The van der Waals surface area contributed by atoms with Crippen LogP contribution in [0.3, 0.4) is 0 Å². The summed E-state index contributed by atoms with van der Waals surface area (Å²) in [5, 5.41) is 17.9. The van der Waals surface area contributed by atoms with Crippen LogP contribution in [0.4, 0.5) is 11.4 Å². The Morgan fingerprint density at radius 1 is 1.22 bits per heavy atom. The van der Waals surface area contributed by atoms with Crippen molar-refractivity contribution < 1.29 is 18.6 Å². The Morgan fingerprint density at radius 3 is 2.33 bits per heavy atom. The molecule has 0 saturated carbocycles. The molecule has 18 heavy (non-hydrogen) atoms. The molecule has 0 bridgehead atoms. The quantitative estimate of drug-likeness (QED) is 0.643. The molecule has 0 heterocycles. The summed E-state index contributed by atoms with van der Waals surface area (Å²) in [5.74, 6) is 0. The lowest BCUT2D eigenvalue weighted by Gasteiger charge is -2.23. The number of rotatable bonds is 7. The Bertz CT molecular complexity index is 470. The number of aliphatic hydroxyl groups excluding tert-OH is 2. The van der Waals surface area contributed by atoms with E-state index in [4.69, 9.17) is 10.2 Å². The zero-order valence-corrected chi connectivity index (χ0v) is 11.0. The average molecular weight is 274 g/mol. The molecule has 7 heteroatoms. The maximum Gasteiger partial charge on any atom is 0.229 e. The molecule has 0 unspecified atom stereocenters. The number of nitrogens with one attached hydrogen (secondary N) is 1. The van der Waals surface area contributed by atoms with Crippen molar-refractivity contribution in [1.82, 2.24) is 0 Å². The van der Waals surface area contributed by atoms with E-state index in [1.54, 1.807) is 29.2 Å². The van der Waals surface area contributed by atoms with Crippen LogP contribution in [0.25, 0.3) is 0 Å². The minimum atomic E-state index is -3.31. The van der Waals surface area contributed by atoms with Gasteiger partial charge >= 0.3 is 0 Å². The number of benzene rings is 1. The van der Waals surface area contributed by atoms with E-state index in [1.807, 2.05) is 0 Å². The molecule has 0 saturated heterocycles. The van der Waals surface area contributed by atoms with Crippen LogP contribution in [0.5, 0.6) is 0 Å². The van der Waals surface area contributed by atoms with Crippen LogP contribution in [-0.2, 0) is 10.0 Å². The molecule has 0 aliphatic carbocycles. The standard InChI is InChI=1S/C11H18N2O4S/c1-18(16,17)12-10-3-2-4-11(9-10)13(5-7-14)6-8-15/h2-4,9,12,14-15H,5-8H2,1H3. The highest BCUT2D eigenvalue weighted by Crippen LogP contribution is 2.19. The first-order chi connectivity index (χ1) is 8.46. The van der Waals surface area contributed by atoms with Crippen molar-refractivity contribution in [1.29, 1.82) is 0 Å². The van der Waals surface area contributed by atoms with Crippen LogP contribution < -0.4 is 9.62 Å². The zero-order chi connectivity index (χ0) is 13.6. The molecule has 0 aromatic heterocycles. The molecule has 0 atom stereocenters. The average Bonchev–Trinajstić information content (AvgIpc) is 2.27. The van der Waals surface area contributed by atoms with Gasteiger partial charge in [-0.3, -0.25) is 4.72 Å². The summed E-state index contributed by atoms with van der Waals surface area (Å²) in [5.41, 5.74) is 1.20. The number of aliphatic hydroxyl groups is 2. The third-order valence-corrected chi connectivity index (χ3v) is 2.86. The number of anilines is 2. The molecule has 1 aromatic carbocycles. The van der Waals surface area contributed by atoms with Gasteiger partial charge < -0.3 is 15.1 Å². The first-order valence-electron chi connectivity index (χ1n) is 5.51. The Balaban J connectivity index is 2.91. The number of nitrogens with zero attached hydrogens (tertiary/aromatic N) is 1. The number of hydrogen-bond donors (Lipinski definition) is 3. The zero-order valence-electron chi connectivity index (χ0n) is 10.2. The Kier molecular flexibility index (Phi) is 5.39. The van der Waals surface area contributed by atoms with E-state index in [1.165, 1.54) is 0 Å². The van der Waals surface area contributed by atoms with Gasteiger partial charge in [-0.2, -0.15) is 0 Å². The lowest BCUT2D eigenvalue weighted by molar-refractivity contribution is 0.281. The fourth-order valence-electron chi connectivity index (χ4n) is 1.59. The van der Waals surface area contributed by atoms with E-state index in [2.05, 4.69) is 4.72 Å². The highest BCUT2D eigenvalue weighted by molar-refractivity contribution is 7.92. The molecule has 0 fully saturated rings. The van der Waals surface area contributed by atoms with Crippen LogP contribution in [0.1, 0.15) is 0 Å². The van der Waals surface area contributed by atoms with Gasteiger partial charge in [0.05, 0.1) is 25.2 Å². The van der Waals surface area contributed by atoms with E-state index < -0.39 is 10.0 Å². The van der Waals surface area contributed by atoms with Gasteiger partial charge in [0.15, 0.2) is 0 Å². The normalized spacial score (nSPS) is 11.3. The second-order valence-corrected chi connectivity index (χ2v) is 5.61. The smallest absolute Gasteiger partial charge is 0.229 e. The predicted molar refractivity (Wildman–Crippen MR) is 71.3 cm³/mol. The third kappa shape index (κ3) is 4.91. The van der Waals surface area contributed by atoms with Crippen LogP contribution in [0, 0.1) is 0 Å². The molecule has 3 N–H and O–H groups in total. The monoisotopic (exact) mass is 274 g/mol. The molecule has 0 amide bonds. The molecule has 0 spiro atoms. The first-order valence-corrected chi connectivity index (χ1v) is 7.40. The Hall–Kier alpha value is -1.31. The predicted octanol–water partition coefficient (Wildman–Crippen LogP) is -0.151. The lowest BCUT2D eigenvalue weighted by Crippen LogP contribution is -2.29. The van der Waals surface area contributed by atoms with Crippen molar-refractivity contribution in [2.45, 2.75) is 0 Å². The van der Waals surface area contributed by atoms with E-state index in [9.17, 15) is 8.42 Å². The first kappa shape index (κ1) is 14.7. The van der Waals surface area contributed by atoms with Crippen molar-refractivity contribution in [3.05, 3.63) is 24.3 Å². The van der Waals surface area contributed by atoms with Gasteiger partial charge in [-0.05, 0) is 18.2 Å². The fraction of sp³-hybridized carbons (Fsp3) is 0.455. The summed E-state index contributed by atoms with van der Waals surface area (Å²) < 4.78 is 24.6. The molecular formula is C11H18N2O4S. The minimum Gasteiger partial charge on any atom is -0.395 e.